The van der Waals surface area contributed by atoms with Crippen LogP contribution in [-0.4, -0.2) is 34.7 Å². The third-order valence-electron chi connectivity index (χ3n) is 4.82. The molecule has 5 heteroatoms. The molecule has 1 atom stereocenters. The van der Waals surface area contributed by atoms with Gasteiger partial charge in [-0.3, -0.25) is 9.59 Å². The molecule has 2 aromatic rings. The van der Waals surface area contributed by atoms with E-state index in [1.807, 2.05) is 11.8 Å². The first-order valence-corrected chi connectivity index (χ1v) is 8.13. The summed E-state index contributed by atoms with van der Waals surface area (Å²) >= 11 is 0. The molecule has 0 aliphatic carbocycles. The molecule has 0 radical (unpaired) electrons. The van der Waals surface area contributed by atoms with Gasteiger partial charge in [-0.2, -0.15) is 0 Å². The summed E-state index contributed by atoms with van der Waals surface area (Å²) in [6, 6.07) is 6.49. The molecule has 1 N–H and O–H groups in total. The number of carbonyl (C=O) groups excluding carboxylic acids is 2. The molecule has 126 valence electrons. The molecule has 1 aliphatic rings. The van der Waals surface area contributed by atoms with Crippen LogP contribution in [0, 0.1) is 19.7 Å². The first-order chi connectivity index (χ1) is 11.4. The highest BCUT2D eigenvalue weighted by Gasteiger charge is 2.31. The van der Waals surface area contributed by atoms with Crippen molar-refractivity contribution < 1.29 is 14.0 Å². The molecule has 3 rings (SSSR count). The van der Waals surface area contributed by atoms with Crippen LogP contribution < -0.4 is 0 Å². The molecule has 4 nitrogen and oxygen atoms in total. The number of halogens is 1. The lowest BCUT2D eigenvalue weighted by Gasteiger charge is -2.17. The lowest BCUT2D eigenvalue weighted by Crippen LogP contribution is -2.29. The fourth-order valence-electron chi connectivity index (χ4n) is 3.53. The minimum Gasteiger partial charge on any atom is -0.355 e. The summed E-state index contributed by atoms with van der Waals surface area (Å²) in [5.41, 5.74) is 3.60. The summed E-state index contributed by atoms with van der Waals surface area (Å²) in [5.74, 6) is -0.139. The molecular weight excluding hydrogens is 307 g/mol. The van der Waals surface area contributed by atoms with Gasteiger partial charge < -0.3 is 9.88 Å². The number of hydrogen-bond acceptors (Lipinski definition) is 2. The Kier molecular flexibility index (Phi) is 4.26. The van der Waals surface area contributed by atoms with E-state index in [9.17, 15) is 14.0 Å². The lowest BCUT2D eigenvalue weighted by atomic mass is 9.98. The van der Waals surface area contributed by atoms with Crippen LogP contribution in [0.5, 0.6) is 0 Å². The highest BCUT2D eigenvalue weighted by molar-refractivity contribution is 6.02. The Morgan fingerprint density at radius 3 is 2.46 bits per heavy atom. The van der Waals surface area contributed by atoms with Gasteiger partial charge >= 0.3 is 0 Å². The number of nitrogens with zero attached hydrogens (tertiary/aromatic N) is 1. The number of likely N-dealkylation sites (tertiary alicyclic amines) is 1. The minimum absolute atomic E-state index is 0.0432. The minimum atomic E-state index is -0.250. The number of nitrogens with one attached hydrogen (secondary N) is 1. The maximum Gasteiger partial charge on any atom is 0.255 e. The van der Waals surface area contributed by atoms with Crippen molar-refractivity contribution in [1.82, 2.24) is 9.88 Å². The van der Waals surface area contributed by atoms with Crippen LogP contribution in [0.4, 0.5) is 4.39 Å². The van der Waals surface area contributed by atoms with Gasteiger partial charge in [0.05, 0.1) is 11.3 Å². The molecule has 0 unspecified atom stereocenters. The third kappa shape index (κ3) is 2.86. The van der Waals surface area contributed by atoms with Crippen molar-refractivity contribution in [2.24, 2.45) is 0 Å². The highest BCUT2D eigenvalue weighted by Crippen LogP contribution is 2.30. The molecule has 1 amide bonds. The van der Waals surface area contributed by atoms with Gasteiger partial charge in [0.25, 0.3) is 5.91 Å². The van der Waals surface area contributed by atoms with Crippen molar-refractivity contribution in [3.8, 4) is 0 Å². The molecule has 0 bridgehead atoms. The smallest absolute Gasteiger partial charge is 0.255 e. The first kappa shape index (κ1) is 16.4. The average Bonchev–Trinajstić information content (AvgIpc) is 3.13. The Balaban J connectivity index is 1.80. The van der Waals surface area contributed by atoms with E-state index in [2.05, 4.69) is 4.98 Å². The summed E-state index contributed by atoms with van der Waals surface area (Å²) in [4.78, 5) is 29.4. The molecule has 1 aromatic heterocycles. The van der Waals surface area contributed by atoms with E-state index in [0.29, 0.717) is 24.3 Å². The molecule has 1 aromatic carbocycles. The van der Waals surface area contributed by atoms with Gasteiger partial charge in [0.1, 0.15) is 5.82 Å². The fourth-order valence-corrected chi connectivity index (χ4v) is 3.53. The molecule has 0 spiro atoms. The first-order valence-electron chi connectivity index (χ1n) is 8.13. The molecule has 2 heterocycles. The monoisotopic (exact) mass is 328 g/mol. The van der Waals surface area contributed by atoms with Crippen LogP contribution in [0.1, 0.15) is 56.9 Å². The van der Waals surface area contributed by atoms with Gasteiger partial charge in [0.15, 0.2) is 5.78 Å². The van der Waals surface area contributed by atoms with Gasteiger partial charge in [-0.05, 0) is 43.5 Å². The number of aromatic amines is 1. The van der Waals surface area contributed by atoms with Crippen molar-refractivity contribution in [2.45, 2.75) is 33.1 Å². The van der Waals surface area contributed by atoms with Crippen molar-refractivity contribution in [2.75, 3.05) is 13.1 Å². The zero-order valence-electron chi connectivity index (χ0n) is 14.1. The largest absolute Gasteiger partial charge is 0.355 e. The maximum absolute atomic E-state index is 13.1. The van der Waals surface area contributed by atoms with E-state index in [-0.39, 0.29) is 23.4 Å². The summed E-state index contributed by atoms with van der Waals surface area (Å²) in [5, 5.41) is 0. The van der Waals surface area contributed by atoms with E-state index >= 15 is 0 Å². The van der Waals surface area contributed by atoms with E-state index in [1.54, 1.807) is 19.1 Å². The molecule has 0 saturated carbocycles. The zero-order chi connectivity index (χ0) is 17.4. The Morgan fingerprint density at radius 1 is 1.21 bits per heavy atom. The molecule has 1 saturated heterocycles. The quantitative estimate of drug-likeness (QED) is 0.875. The third-order valence-corrected chi connectivity index (χ3v) is 4.82. The summed E-state index contributed by atoms with van der Waals surface area (Å²) < 4.78 is 13.1. The van der Waals surface area contributed by atoms with Crippen molar-refractivity contribution in [3.05, 3.63) is 58.2 Å². The Hall–Kier alpha value is -2.43. The number of Topliss-reactive ketones (excluding diaryl/α,β-unsaturated/α-hetero) is 1. The van der Waals surface area contributed by atoms with Gasteiger partial charge in [0.2, 0.25) is 0 Å². The molecule has 24 heavy (non-hydrogen) atoms. The van der Waals surface area contributed by atoms with Gasteiger partial charge in [-0.15, -0.1) is 0 Å². The van der Waals surface area contributed by atoms with Crippen LogP contribution in [0.15, 0.2) is 24.3 Å². The van der Waals surface area contributed by atoms with Crippen molar-refractivity contribution in [3.63, 3.8) is 0 Å². The second-order valence-electron chi connectivity index (χ2n) is 6.47. The number of aryl methyl sites for hydroxylation is 1. The van der Waals surface area contributed by atoms with E-state index in [4.69, 9.17) is 0 Å². The summed E-state index contributed by atoms with van der Waals surface area (Å²) in [6.07, 6.45) is 0.861. The summed E-state index contributed by atoms with van der Waals surface area (Å²) in [7, 11) is 0. The normalized spacial score (nSPS) is 17.3. The van der Waals surface area contributed by atoms with Gasteiger partial charge in [0, 0.05) is 31.6 Å². The Labute approximate surface area is 140 Å². The molecule has 1 aliphatic heterocycles. The zero-order valence-corrected chi connectivity index (χ0v) is 14.1. The van der Waals surface area contributed by atoms with Gasteiger partial charge in [-0.1, -0.05) is 12.1 Å². The standard InChI is InChI=1S/C19H21FN2O2/c1-11-17(12(2)21-18(11)13(3)23)19(24)22-9-8-15(10-22)14-4-6-16(20)7-5-14/h4-7,15,21H,8-10H2,1-3H3/t15-/m1/s1. The second-order valence-corrected chi connectivity index (χ2v) is 6.47. The van der Waals surface area contributed by atoms with Gasteiger partial charge in [-0.25, -0.2) is 4.39 Å². The van der Waals surface area contributed by atoms with Crippen LogP contribution in [0.3, 0.4) is 0 Å². The molecular formula is C19H21FN2O2. The highest BCUT2D eigenvalue weighted by atomic mass is 19.1. The predicted octanol–water partition coefficient (Wildman–Crippen LogP) is 3.60. The number of amides is 1. The maximum atomic E-state index is 13.1. The Morgan fingerprint density at radius 2 is 1.88 bits per heavy atom. The number of carbonyl (C=O) groups is 2. The van der Waals surface area contributed by atoms with Crippen molar-refractivity contribution in [1.29, 1.82) is 0 Å². The van der Waals surface area contributed by atoms with Crippen LogP contribution >= 0.6 is 0 Å². The lowest BCUT2D eigenvalue weighted by molar-refractivity contribution is 0.0789. The average molecular weight is 328 g/mol. The predicted molar refractivity (Wildman–Crippen MR) is 89.9 cm³/mol. The number of ketones is 1. The van der Waals surface area contributed by atoms with E-state index in [0.717, 1.165) is 23.2 Å². The number of benzene rings is 1. The SMILES string of the molecule is CC(=O)c1[nH]c(C)c(C(=O)N2CC[C@@H](c3ccc(F)cc3)C2)c1C. The molecule has 1 fully saturated rings. The van der Waals surface area contributed by atoms with Crippen LogP contribution in [0.25, 0.3) is 0 Å². The Bertz CT molecular complexity index is 792. The second kappa shape index (κ2) is 6.23. The van der Waals surface area contributed by atoms with E-state index in [1.165, 1.54) is 19.1 Å². The number of hydrogen-bond donors (Lipinski definition) is 1. The fraction of sp³-hybridized carbons (Fsp3) is 0.368. The number of aromatic nitrogens is 1. The van der Waals surface area contributed by atoms with Crippen molar-refractivity contribution >= 4 is 11.7 Å². The van der Waals surface area contributed by atoms with Crippen LogP contribution in [-0.2, 0) is 0 Å². The number of H-pyrrole nitrogens is 1. The van der Waals surface area contributed by atoms with Crippen LogP contribution in [0.2, 0.25) is 0 Å². The van der Waals surface area contributed by atoms with E-state index < -0.39 is 0 Å². The topological polar surface area (TPSA) is 53.2 Å². The number of rotatable bonds is 3. The summed E-state index contributed by atoms with van der Waals surface area (Å²) in [6.45, 7) is 6.40.